The number of hydrogen-bond acceptors (Lipinski definition) is 3. The molecule has 0 saturated carbocycles. The van der Waals surface area contributed by atoms with Gasteiger partial charge in [-0.25, -0.2) is 4.79 Å². The third-order valence-electron chi connectivity index (χ3n) is 4.05. The Kier molecular flexibility index (Phi) is 3.71. The minimum Gasteiger partial charge on any atom is -0.478 e. The van der Waals surface area contributed by atoms with E-state index in [-0.39, 0.29) is 0 Å². The molecule has 1 fully saturated rings. The molecule has 2 rings (SSSR count). The Morgan fingerprint density at radius 2 is 2.28 bits per heavy atom. The number of aromatic nitrogens is 2. The van der Waals surface area contributed by atoms with Crippen molar-refractivity contribution in [1.82, 2.24) is 14.7 Å². The summed E-state index contributed by atoms with van der Waals surface area (Å²) >= 11 is 0. The van der Waals surface area contributed by atoms with Gasteiger partial charge in [-0.3, -0.25) is 9.58 Å². The molecule has 2 unspecified atom stereocenters. The molecule has 2 atom stereocenters. The van der Waals surface area contributed by atoms with Crippen molar-refractivity contribution in [2.75, 3.05) is 0 Å². The van der Waals surface area contributed by atoms with Gasteiger partial charge in [-0.1, -0.05) is 6.92 Å². The Labute approximate surface area is 107 Å². The zero-order chi connectivity index (χ0) is 13.3. The number of carboxylic acids is 1. The van der Waals surface area contributed by atoms with Crippen LogP contribution in [0.3, 0.4) is 0 Å². The van der Waals surface area contributed by atoms with Gasteiger partial charge in [0, 0.05) is 25.7 Å². The molecule has 5 heteroatoms. The number of nitrogens with zero attached hydrogens (tertiary/aromatic N) is 3. The van der Waals surface area contributed by atoms with Crippen LogP contribution in [0.4, 0.5) is 0 Å². The van der Waals surface area contributed by atoms with Crippen molar-refractivity contribution < 1.29 is 9.90 Å². The molecule has 18 heavy (non-hydrogen) atoms. The summed E-state index contributed by atoms with van der Waals surface area (Å²) in [5.74, 6) is -0.891. The normalized spacial score (nSPS) is 24.6. The molecule has 1 aromatic heterocycles. The molecule has 0 bridgehead atoms. The molecule has 1 aliphatic heterocycles. The van der Waals surface area contributed by atoms with Crippen LogP contribution in [0.25, 0.3) is 0 Å². The molecule has 5 nitrogen and oxygen atoms in total. The second-order valence-corrected chi connectivity index (χ2v) is 5.09. The van der Waals surface area contributed by atoms with E-state index in [1.54, 1.807) is 4.68 Å². The van der Waals surface area contributed by atoms with E-state index in [2.05, 4.69) is 23.8 Å². The summed E-state index contributed by atoms with van der Waals surface area (Å²) in [5.41, 5.74) is 1.13. The Morgan fingerprint density at radius 3 is 2.89 bits per heavy atom. The van der Waals surface area contributed by atoms with E-state index in [0.29, 0.717) is 24.2 Å². The summed E-state index contributed by atoms with van der Waals surface area (Å²) in [7, 11) is 1.81. The fourth-order valence-corrected chi connectivity index (χ4v) is 2.85. The van der Waals surface area contributed by atoms with Gasteiger partial charge in [0.05, 0.1) is 11.9 Å². The van der Waals surface area contributed by atoms with Gasteiger partial charge < -0.3 is 5.11 Å². The number of aromatic carboxylic acids is 1. The molecule has 1 N–H and O–H groups in total. The molecule has 0 spiro atoms. The molecule has 0 aliphatic carbocycles. The molecule has 100 valence electrons. The average Bonchev–Trinajstić information content (AvgIpc) is 2.85. The van der Waals surface area contributed by atoms with E-state index in [1.165, 1.54) is 19.0 Å². The second-order valence-electron chi connectivity index (χ2n) is 5.09. The number of hydrogen-bond donors (Lipinski definition) is 1. The number of carbonyl (C=O) groups is 1. The van der Waals surface area contributed by atoms with Crippen LogP contribution in [0, 0.1) is 0 Å². The molecule has 1 saturated heterocycles. The average molecular weight is 251 g/mol. The maximum absolute atomic E-state index is 11.2. The maximum Gasteiger partial charge on any atom is 0.339 e. The van der Waals surface area contributed by atoms with Gasteiger partial charge in [0.2, 0.25) is 0 Å². The monoisotopic (exact) mass is 251 g/mol. The summed E-state index contributed by atoms with van der Waals surface area (Å²) in [5, 5.41) is 13.2. The Bertz CT molecular complexity index is 441. The number of likely N-dealkylation sites (tertiary alicyclic amines) is 1. The fraction of sp³-hybridized carbons (Fsp3) is 0.692. The molecular weight excluding hydrogens is 230 g/mol. The summed E-state index contributed by atoms with van der Waals surface area (Å²) in [6, 6.07) is 1.09. The van der Waals surface area contributed by atoms with E-state index >= 15 is 0 Å². The zero-order valence-electron chi connectivity index (χ0n) is 11.3. The van der Waals surface area contributed by atoms with Gasteiger partial charge in [0.1, 0.15) is 5.56 Å². The molecular formula is C13H21N3O2. The van der Waals surface area contributed by atoms with Crippen LogP contribution in [-0.2, 0) is 13.6 Å². The number of aryl methyl sites for hydroxylation is 1. The summed E-state index contributed by atoms with van der Waals surface area (Å²) in [6.07, 6.45) is 4.96. The summed E-state index contributed by atoms with van der Waals surface area (Å²) in [4.78, 5) is 13.6. The van der Waals surface area contributed by atoms with Crippen LogP contribution >= 0.6 is 0 Å². The highest BCUT2D eigenvalue weighted by Gasteiger charge is 2.31. The van der Waals surface area contributed by atoms with Crippen molar-refractivity contribution in [2.45, 2.75) is 51.7 Å². The van der Waals surface area contributed by atoms with Crippen LogP contribution in [0.2, 0.25) is 0 Å². The topological polar surface area (TPSA) is 58.4 Å². The van der Waals surface area contributed by atoms with Crippen LogP contribution < -0.4 is 0 Å². The quantitative estimate of drug-likeness (QED) is 0.887. The van der Waals surface area contributed by atoms with Crippen LogP contribution in [-0.4, -0.2) is 37.8 Å². The first kappa shape index (κ1) is 13.1. The van der Waals surface area contributed by atoms with Gasteiger partial charge in [0.25, 0.3) is 0 Å². The standard InChI is InChI=1S/C13H21N3O2/c1-4-10-6-5-9(2)16(10)8-12-11(13(17)18)7-14-15(12)3/h7,9-10H,4-6,8H2,1-3H3,(H,17,18). The lowest BCUT2D eigenvalue weighted by Crippen LogP contribution is -2.34. The zero-order valence-corrected chi connectivity index (χ0v) is 11.3. The third kappa shape index (κ3) is 2.27. The first-order valence-electron chi connectivity index (χ1n) is 6.54. The number of rotatable bonds is 4. The van der Waals surface area contributed by atoms with Gasteiger partial charge >= 0.3 is 5.97 Å². The SMILES string of the molecule is CCC1CCC(C)N1Cc1c(C(=O)O)cnn1C. The highest BCUT2D eigenvalue weighted by Crippen LogP contribution is 2.28. The highest BCUT2D eigenvalue weighted by molar-refractivity contribution is 5.88. The first-order chi connectivity index (χ1) is 8.54. The molecule has 0 radical (unpaired) electrons. The van der Waals surface area contributed by atoms with Gasteiger partial charge in [0.15, 0.2) is 0 Å². The van der Waals surface area contributed by atoms with Crippen molar-refractivity contribution in [1.29, 1.82) is 0 Å². The fourth-order valence-electron chi connectivity index (χ4n) is 2.85. The highest BCUT2D eigenvalue weighted by atomic mass is 16.4. The molecule has 0 aromatic carbocycles. The van der Waals surface area contributed by atoms with E-state index in [4.69, 9.17) is 0 Å². The third-order valence-corrected chi connectivity index (χ3v) is 4.05. The van der Waals surface area contributed by atoms with E-state index in [0.717, 1.165) is 12.1 Å². The largest absolute Gasteiger partial charge is 0.478 e. The smallest absolute Gasteiger partial charge is 0.339 e. The summed E-state index contributed by atoms with van der Waals surface area (Å²) in [6.45, 7) is 5.08. The Hall–Kier alpha value is -1.36. The van der Waals surface area contributed by atoms with Crippen molar-refractivity contribution in [3.05, 3.63) is 17.5 Å². The molecule has 2 heterocycles. The molecule has 0 amide bonds. The second kappa shape index (κ2) is 5.10. The van der Waals surface area contributed by atoms with Gasteiger partial charge in [-0.05, 0) is 26.2 Å². The first-order valence-corrected chi connectivity index (χ1v) is 6.54. The Balaban J connectivity index is 2.23. The van der Waals surface area contributed by atoms with Crippen LogP contribution in [0.1, 0.15) is 49.2 Å². The molecule has 1 aliphatic rings. The molecule has 1 aromatic rings. The van der Waals surface area contributed by atoms with E-state index in [1.807, 2.05) is 7.05 Å². The minimum absolute atomic E-state index is 0.325. The van der Waals surface area contributed by atoms with Crippen LogP contribution in [0.5, 0.6) is 0 Å². The van der Waals surface area contributed by atoms with E-state index < -0.39 is 5.97 Å². The maximum atomic E-state index is 11.2. The Morgan fingerprint density at radius 1 is 1.56 bits per heavy atom. The lowest BCUT2D eigenvalue weighted by molar-refractivity contribution is 0.0693. The van der Waals surface area contributed by atoms with Crippen molar-refractivity contribution in [3.63, 3.8) is 0 Å². The van der Waals surface area contributed by atoms with Gasteiger partial charge in [-0.15, -0.1) is 0 Å². The minimum atomic E-state index is -0.891. The van der Waals surface area contributed by atoms with Crippen molar-refractivity contribution in [3.8, 4) is 0 Å². The predicted octanol–water partition coefficient (Wildman–Crippen LogP) is 1.88. The lowest BCUT2D eigenvalue weighted by Gasteiger charge is -2.27. The van der Waals surface area contributed by atoms with Crippen LogP contribution in [0.15, 0.2) is 6.20 Å². The lowest BCUT2D eigenvalue weighted by atomic mass is 10.1. The van der Waals surface area contributed by atoms with Crippen molar-refractivity contribution in [2.24, 2.45) is 7.05 Å². The van der Waals surface area contributed by atoms with E-state index in [9.17, 15) is 9.90 Å². The number of carboxylic acid groups (broad SMARTS) is 1. The van der Waals surface area contributed by atoms with Gasteiger partial charge in [-0.2, -0.15) is 5.10 Å². The predicted molar refractivity (Wildman–Crippen MR) is 68.5 cm³/mol. The summed E-state index contributed by atoms with van der Waals surface area (Å²) < 4.78 is 1.68. The van der Waals surface area contributed by atoms with Crippen molar-refractivity contribution >= 4 is 5.97 Å².